The fraction of sp³-hybridized carbons (Fsp3) is 0.210. The molecule has 16 nitrogen and oxygen atoms in total. The van der Waals surface area contributed by atoms with Crippen molar-refractivity contribution in [1.29, 1.82) is 0 Å². The number of hydrogen-bond donors (Lipinski definition) is 0. The van der Waals surface area contributed by atoms with E-state index in [0.29, 0.717) is 35.5 Å². The van der Waals surface area contributed by atoms with Crippen molar-refractivity contribution in [1.82, 2.24) is 74.9 Å². The molecule has 26 aromatic rings. The first kappa shape index (κ1) is 91.2. The Morgan fingerprint density at radius 2 is 0.556 bits per heavy atom. The third kappa shape index (κ3) is 14.2. The smallest absolute Gasteiger partial charge is 0.332 e. The number of rotatable bonds is 14. The summed E-state index contributed by atoms with van der Waals surface area (Å²) in [5.74, 6) is 7.12. The van der Waals surface area contributed by atoms with Crippen LogP contribution in [0.15, 0.2) is 291 Å². The van der Waals surface area contributed by atoms with E-state index in [1.807, 2.05) is 48.8 Å². The zero-order chi connectivity index (χ0) is 95.8. The molecule has 0 aliphatic rings. The van der Waals surface area contributed by atoms with Crippen LogP contribution in [0.1, 0.15) is 205 Å². The molecular weight excluding hydrogens is 2100 g/mol. The van der Waals surface area contributed by atoms with Crippen LogP contribution in [-0.4, -0.2) is 74.9 Å². The Labute approximate surface area is 853 Å². The molecule has 18 heteroatoms. The molecule has 0 aliphatic heterocycles. The van der Waals surface area contributed by atoms with Crippen molar-refractivity contribution in [3.05, 3.63) is 360 Å². The van der Waals surface area contributed by atoms with E-state index in [0.717, 1.165) is 189 Å². The number of hydrogen-bond acceptors (Lipinski definition) is 6. The molecule has 0 saturated carbocycles. The van der Waals surface area contributed by atoms with Crippen LogP contribution in [-0.2, 0) is 53.0 Å². The quantitative estimate of drug-likeness (QED) is 0.0999. The van der Waals surface area contributed by atoms with Gasteiger partial charge in [-0.05, 0) is 255 Å². The van der Waals surface area contributed by atoms with E-state index >= 15 is 0 Å². The zero-order valence-corrected chi connectivity index (χ0v) is 87.5. The molecule has 0 atom stereocenters. The Bertz CT molecular complexity index is 9570. The van der Waals surface area contributed by atoms with Crippen LogP contribution >= 0.6 is 0 Å². The van der Waals surface area contributed by atoms with Crippen molar-refractivity contribution < 1.29 is 42.1 Å². The van der Waals surface area contributed by atoms with E-state index in [4.69, 9.17) is 29.9 Å². The Morgan fingerprint density at radius 3 is 0.972 bits per heavy atom. The molecule has 12 heterocycles. The van der Waals surface area contributed by atoms with Crippen LogP contribution in [0.3, 0.4) is 0 Å². The fourth-order valence-electron chi connectivity index (χ4n) is 22.0. The van der Waals surface area contributed by atoms with Gasteiger partial charge in [-0.1, -0.05) is 280 Å². The molecule has 0 bridgehead atoms. The van der Waals surface area contributed by atoms with Gasteiger partial charge < -0.3 is 36.2 Å². The number of pyridine rings is 2. The van der Waals surface area contributed by atoms with E-state index < -0.39 is 0 Å². The topological polar surface area (TPSA) is 125 Å². The molecule has 0 saturated heterocycles. The van der Waals surface area contributed by atoms with Gasteiger partial charge >= 0.3 is 42.1 Å². The minimum absolute atomic E-state index is 0. The maximum Gasteiger partial charge on any atom is 2.00 e. The number of nitrogens with zero attached hydrogens (tertiary/aromatic N) is 16. The van der Waals surface area contributed by atoms with Gasteiger partial charge in [-0.3, -0.25) is 8.80 Å². The molecule has 0 amide bonds. The normalized spacial score (nSPS) is 12.6. The van der Waals surface area contributed by atoms with Crippen molar-refractivity contribution in [3.63, 3.8) is 0 Å². The summed E-state index contributed by atoms with van der Waals surface area (Å²) >= 11 is 0. The second kappa shape index (κ2) is 34.1. The summed E-state index contributed by atoms with van der Waals surface area (Å²) in [6, 6.07) is 117. The monoisotopic (exact) mass is 2210 g/mol. The molecule has 0 radical (unpaired) electrons. The van der Waals surface area contributed by atoms with Gasteiger partial charge in [0.15, 0.2) is 0 Å². The SMILES string of the molecule is CC(C)(C)c1ccc2nc3n(-c4[c-]c5c(cc4)n4c6ccccc6nc4n5-c4[c-]c5c(cc4)c4ccccc4n5-c4ccccn4)c4ccc(C(C)(C)C)cc4n3c2c1.CC(C)c1cc(C(C)C)c(-c2ccc3nc4n(-c5[c-]c6c(cc5)n5c7ccccc7nc5n6-c5[c-]c6c(cc5)c5ccccc5n6-c5ccccn5)c5ccc(-c6c(C(C)C)cc(C(C)C)cc6C(C)C)cc5n4c3c2)c(C(C)C)c1.[Pt+2].[Pt+2]. The fourth-order valence-corrected chi connectivity index (χ4v) is 22.0. The van der Waals surface area contributed by atoms with Crippen LogP contribution in [0.4, 0.5) is 0 Å². The average molecular weight is 2210 g/mol. The van der Waals surface area contributed by atoms with Gasteiger partial charge in [0.1, 0.15) is 11.6 Å². The molecule has 12 aromatic heterocycles. The maximum absolute atomic E-state index is 5.64. The molecule has 14 aromatic carbocycles. The summed E-state index contributed by atoms with van der Waals surface area (Å²) in [6.45, 7) is 41.6. The molecule has 704 valence electrons. The molecule has 0 aliphatic carbocycles. The number of imidazole rings is 8. The predicted octanol–water partition coefficient (Wildman–Crippen LogP) is 31.2. The van der Waals surface area contributed by atoms with E-state index in [2.05, 4.69) is 437 Å². The summed E-state index contributed by atoms with van der Waals surface area (Å²) in [7, 11) is 0. The Balaban J connectivity index is 0.000000163. The van der Waals surface area contributed by atoms with Gasteiger partial charge in [0.2, 0.25) is 23.1 Å². The van der Waals surface area contributed by atoms with E-state index in [-0.39, 0.29) is 53.0 Å². The van der Waals surface area contributed by atoms with Gasteiger partial charge in [0.25, 0.3) is 0 Å². The number of fused-ring (bicyclic) bond motifs is 26. The first-order chi connectivity index (χ1) is 67.7. The van der Waals surface area contributed by atoms with Crippen molar-refractivity contribution in [2.75, 3.05) is 0 Å². The number of para-hydroxylation sites is 6. The van der Waals surface area contributed by atoms with E-state index in [1.54, 1.807) is 0 Å². The Hall–Kier alpha value is -14.6. The second-order valence-electron chi connectivity index (χ2n) is 42.1. The Morgan fingerprint density at radius 1 is 0.239 bits per heavy atom. The molecule has 26 rings (SSSR count). The van der Waals surface area contributed by atoms with Crippen LogP contribution in [0, 0.1) is 24.3 Å². The largest absolute Gasteiger partial charge is 2.00 e. The van der Waals surface area contributed by atoms with E-state index in [9.17, 15) is 0 Å². The van der Waals surface area contributed by atoms with Crippen molar-refractivity contribution >= 4 is 155 Å². The summed E-state index contributed by atoms with van der Waals surface area (Å²) in [4.78, 5) is 31.2. The Kier molecular flexibility index (Phi) is 21.9. The third-order valence-corrected chi connectivity index (χ3v) is 29.2. The number of aromatic nitrogens is 16. The minimum atomic E-state index is -0.0289. The first-order valence-electron chi connectivity index (χ1n) is 49.4. The summed E-state index contributed by atoms with van der Waals surface area (Å²) in [5, 5.41) is 4.51. The summed E-state index contributed by atoms with van der Waals surface area (Å²) < 4.78 is 22.7. The average Bonchev–Trinajstić information content (AvgIpc) is 1.54. The minimum Gasteiger partial charge on any atom is -0.332 e. The van der Waals surface area contributed by atoms with Gasteiger partial charge in [0, 0.05) is 23.4 Å². The van der Waals surface area contributed by atoms with Crippen LogP contribution < -0.4 is 0 Å². The molecule has 0 fully saturated rings. The van der Waals surface area contributed by atoms with Gasteiger partial charge in [-0.2, -0.15) is 12.1 Å². The van der Waals surface area contributed by atoms with Crippen LogP contribution in [0.25, 0.3) is 212 Å². The van der Waals surface area contributed by atoms with Crippen LogP contribution in [0.2, 0.25) is 0 Å². The standard InChI is InChI=1S/C73H68N8.C51H40N8.2Pt/c1-41(2)49-33-55(43(5)6)70(56(34-49)44(7)8)47-24-29-60-66(37-47)81-67-38-48(71-57(45(9)10)35-50(42(3)4)36-58(71)46(11)12)25-30-63(67)77(72(81)76-60)52-27-31-64-68(40-52)78(73-75-59-20-14-16-22-62(59)80(64)73)51-26-28-54-53-19-13-15-21-61(53)79(65(54)39-51)69-23-17-18-32-74-69;1-50(2,3)31-18-23-38-44(27-31)59-45-28-32(51(4,5)6)19-24-41(45)55(48(59)54-38)34-21-25-42-46(30-34)56(49-53-37-14-8-10-16-40(37)58(42)49)33-20-22-36-35-13-7-9-15-39(35)57(43(36)29-33)47-17-11-12-26-52-47;;/h13-38,41-46H,1-12H3;7-28H,1-6H3;;/q2*-2;2*+2. The molecule has 0 N–H and O–H groups in total. The number of benzene rings is 14. The molecule has 142 heavy (non-hydrogen) atoms. The van der Waals surface area contributed by atoms with Gasteiger partial charge in [0.05, 0.1) is 66.2 Å². The molecular formula is C124H108N16Pt2. The predicted molar refractivity (Wildman–Crippen MR) is 578 cm³/mol. The zero-order valence-electron chi connectivity index (χ0n) is 83.0. The second-order valence-corrected chi connectivity index (χ2v) is 42.1. The molecule has 0 spiro atoms. The van der Waals surface area contributed by atoms with Gasteiger partial charge in [-0.25, -0.2) is 29.9 Å². The van der Waals surface area contributed by atoms with E-state index in [1.165, 1.54) is 66.8 Å². The molecule has 0 unspecified atom stereocenters. The maximum atomic E-state index is 5.64. The first-order valence-corrected chi connectivity index (χ1v) is 49.4. The van der Waals surface area contributed by atoms with Crippen molar-refractivity contribution in [2.24, 2.45) is 0 Å². The van der Waals surface area contributed by atoms with Crippen molar-refractivity contribution in [3.8, 4) is 56.6 Å². The third-order valence-electron chi connectivity index (χ3n) is 29.2. The van der Waals surface area contributed by atoms with Gasteiger partial charge in [-0.15, -0.1) is 71.4 Å². The summed E-state index contributed by atoms with van der Waals surface area (Å²) in [6.07, 6.45) is 3.69. The van der Waals surface area contributed by atoms with Crippen LogP contribution in [0.5, 0.6) is 0 Å². The van der Waals surface area contributed by atoms with Crippen molar-refractivity contribution in [2.45, 2.75) is 171 Å². The summed E-state index contributed by atoms with van der Waals surface area (Å²) in [5.41, 5.74) is 39.6.